The molecule has 3 aromatic carbocycles. The highest BCUT2D eigenvalue weighted by Gasteiger charge is 2.32. The fourth-order valence-electron chi connectivity index (χ4n) is 4.69. The molecule has 37 heavy (non-hydrogen) atoms. The number of rotatable bonds is 10. The fraction of sp³-hybridized carbons (Fsp3) is 0.333. The van der Waals surface area contributed by atoms with Gasteiger partial charge in [-0.2, -0.15) is 0 Å². The summed E-state index contributed by atoms with van der Waals surface area (Å²) in [6, 6.07) is 20.5. The van der Waals surface area contributed by atoms with Crippen molar-refractivity contribution in [2.24, 2.45) is 0 Å². The first kappa shape index (κ1) is 26.3. The van der Waals surface area contributed by atoms with Crippen molar-refractivity contribution in [3.8, 4) is 5.75 Å². The standard InChI is InChI=1S/C30H32F2N2O3/c31-25-16-8-7-13-23(25)20-34(29(35)21-37-28-18-10-9-17-26(28)32)27(19-22-11-3-1-4-12-22)30(36)33-24-14-5-2-6-15-24/h1,3-4,7-13,16-18,24,27H,2,5-6,14-15,19-21H2,(H,33,36). The Morgan fingerprint density at radius 1 is 0.865 bits per heavy atom. The van der Waals surface area contributed by atoms with Gasteiger partial charge in [-0.15, -0.1) is 0 Å². The molecule has 1 aliphatic rings. The van der Waals surface area contributed by atoms with Crippen LogP contribution in [0.25, 0.3) is 0 Å². The first-order valence-electron chi connectivity index (χ1n) is 12.8. The highest BCUT2D eigenvalue weighted by Crippen LogP contribution is 2.21. The maximum Gasteiger partial charge on any atom is 0.261 e. The fourth-order valence-corrected chi connectivity index (χ4v) is 4.69. The van der Waals surface area contributed by atoms with Crippen LogP contribution in [0.3, 0.4) is 0 Å². The number of benzene rings is 3. The van der Waals surface area contributed by atoms with E-state index in [4.69, 9.17) is 4.74 Å². The predicted molar refractivity (Wildman–Crippen MR) is 138 cm³/mol. The Labute approximate surface area is 216 Å². The predicted octanol–water partition coefficient (Wildman–Crippen LogP) is 5.43. The van der Waals surface area contributed by atoms with E-state index in [1.165, 1.54) is 29.2 Å². The zero-order valence-electron chi connectivity index (χ0n) is 20.7. The third kappa shape index (κ3) is 7.38. The van der Waals surface area contributed by atoms with Gasteiger partial charge >= 0.3 is 0 Å². The van der Waals surface area contributed by atoms with Crippen molar-refractivity contribution in [1.82, 2.24) is 10.2 Å². The van der Waals surface area contributed by atoms with Gasteiger partial charge < -0.3 is 15.0 Å². The molecule has 194 valence electrons. The number of carbonyl (C=O) groups is 2. The van der Waals surface area contributed by atoms with Crippen molar-refractivity contribution in [3.63, 3.8) is 0 Å². The molecule has 0 radical (unpaired) electrons. The number of hydrogen-bond acceptors (Lipinski definition) is 3. The lowest BCUT2D eigenvalue weighted by atomic mass is 9.94. The zero-order valence-corrected chi connectivity index (χ0v) is 20.7. The molecule has 5 nitrogen and oxygen atoms in total. The summed E-state index contributed by atoms with van der Waals surface area (Å²) >= 11 is 0. The van der Waals surface area contributed by atoms with E-state index in [9.17, 15) is 18.4 Å². The first-order chi connectivity index (χ1) is 18.0. The highest BCUT2D eigenvalue weighted by atomic mass is 19.1. The van der Waals surface area contributed by atoms with Crippen LogP contribution in [0.5, 0.6) is 5.75 Å². The van der Waals surface area contributed by atoms with Gasteiger partial charge in [0.2, 0.25) is 5.91 Å². The van der Waals surface area contributed by atoms with Gasteiger partial charge in [-0.25, -0.2) is 8.78 Å². The molecule has 1 unspecified atom stereocenters. The molecule has 0 spiro atoms. The molecule has 0 saturated heterocycles. The molecule has 1 N–H and O–H groups in total. The summed E-state index contributed by atoms with van der Waals surface area (Å²) in [5, 5.41) is 3.13. The Morgan fingerprint density at radius 3 is 2.22 bits per heavy atom. The third-order valence-corrected chi connectivity index (χ3v) is 6.71. The number of para-hydroxylation sites is 1. The quantitative estimate of drug-likeness (QED) is 0.399. The van der Waals surface area contributed by atoms with Gasteiger partial charge in [-0.1, -0.05) is 79.9 Å². The summed E-state index contributed by atoms with van der Waals surface area (Å²) in [4.78, 5) is 28.6. The lowest BCUT2D eigenvalue weighted by Crippen LogP contribution is -2.53. The van der Waals surface area contributed by atoms with Gasteiger partial charge in [0.05, 0.1) is 0 Å². The average Bonchev–Trinajstić information content (AvgIpc) is 2.92. The van der Waals surface area contributed by atoms with Crippen LogP contribution >= 0.6 is 0 Å². The summed E-state index contributed by atoms with van der Waals surface area (Å²) < 4.78 is 34.3. The topological polar surface area (TPSA) is 58.6 Å². The molecule has 1 saturated carbocycles. The Bertz CT molecular complexity index is 1180. The van der Waals surface area contributed by atoms with Crippen molar-refractivity contribution in [1.29, 1.82) is 0 Å². The monoisotopic (exact) mass is 506 g/mol. The molecule has 0 aliphatic heterocycles. The van der Waals surface area contributed by atoms with Crippen LogP contribution in [0.2, 0.25) is 0 Å². The van der Waals surface area contributed by atoms with E-state index in [1.807, 2.05) is 30.3 Å². The number of nitrogens with zero attached hydrogens (tertiary/aromatic N) is 1. The van der Waals surface area contributed by atoms with Crippen LogP contribution in [0.4, 0.5) is 8.78 Å². The molecular formula is C30H32F2N2O3. The summed E-state index contributed by atoms with van der Waals surface area (Å²) in [6.45, 7) is -0.612. The Morgan fingerprint density at radius 2 is 1.51 bits per heavy atom. The lowest BCUT2D eigenvalue weighted by molar-refractivity contribution is -0.143. The van der Waals surface area contributed by atoms with Gasteiger partial charge in [-0.3, -0.25) is 9.59 Å². The van der Waals surface area contributed by atoms with Crippen LogP contribution in [-0.4, -0.2) is 35.4 Å². The van der Waals surface area contributed by atoms with Crippen LogP contribution in [0.1, 0.15) is 43.2 Å². The van der Waals surface area contributed by atoms with Crippen molar-refractivity contribution in [2.75, 3.05) is 6.61 Å². The molecule has 1 fully saturated rings. The van der Waals surface area contributed by atoms with Gasteiger partial charge in [0.15, 0.2) is 18.2 Å². The summed E-state index contributed by atoms with van der Waals surface area (Å²) in [6.07, 6.45) is 5.26. The molecular weight excluding hydrogens is 474 g/mol. The largest absolute Gasteiger partial charge is 0.481 e. The van der Waals surface area contributed by atoms with Crippen molar-refractivity contribution in [2.45, 2.75) is 57.2 Å². The molecule has 0 bridgehead atoms. The number of amides is 2. The smallest absolute Gasteiger partial charge is 0.261 e. The Kier molecular flexibility index (Phi) is 9.24. The normalized spacial score (nSPS) is 14.5. The van der Waals surface area contributed by atoms with E-state index in [1.54, 1.807) is 24.3 Å². The van der Waals surface area contributed by atoms with Gasteiger partial charge in [0, 0.05) is 24.6 Å². The summed E-state index contributed by atoms with van der Waals surface area (Å²) in [5.74, 6) is -1.95. The minimum Gasteiger partial charge on any atom is -0.481 e. The molecule has 2 amide bonds. The lowest BCUT2D eigenvalue weighted by Gasteiger charge is -2.33. The van der Waals surface area contributed by atoms with Crippen LogP contribution in [0, 0.1) is 11.6 Å². The van der Waals surface area contributed by atoms with Crippen molar-refractivity contribution in [3.05, 3.63) is 102 Å². The molecule has 0 heterocycles. The maximum atomic E-state index is 14.7. The highest BCUT2D eigenvalue weighted by molar-refractivity contribution is 5.88. The number of carbonyl (C=O) groups excluding carboxylic acids is 2. The van der Waals surface area contributed by atoms with Crippen LogP contribution < -0.4 is 10.1 Å². The molecule has 0 aromatic heterocycles. The van der Waals surface area contributed by atoms with E-state index < -0.39 is 30.2 Å². The summed E-state index contributed by atoms with van der Waals surface area (Å²) in [5.41, 5.74) is 1.15. The second kappa shape index (κ2) is 13.0. The summed E-state index contributed by atoms with van der Waals surface area (Å²) in [7, 11) is 0. The average molecular weight is 507 g/mol. The maximum absolute atomic E-state index is 14.7. The number of nitrogens with one attached hydrogen (secondary N) is 1. The minimum absolute atomic E-state index is 0.0413. The number of hydrogen-bond donors (Lipinski definition) is 1. The Hall–Kier alpha value is -3.74. The van der Waals surface area contributed by atoms with Crippen LogP contribution in [-0.2, 0) is 22.6 Å². The molecule has 4 rings (SSSR count). The number of ether oxygens (including phenoxy) is 1. The second-order valence-electron chi connectivity index (χ2n) is 9.38. The molecule has 1 aliphatic carbocycles. The van der Waals surface area contributed by atoms with Crippen molar-refractivity contribution < 1.29 is 23.1 Å². The van der Waals surface area contributed by atoms with E-state index in [-0.39, 0.29) is 36.2 Å². The van der Waals surface area contributed by atoms with E-state index >= 15 is 0 Å². The van der Waals surface area contributed by atoms with Gasteiger partial charge in [-0.05, 0) is 36.6 Å². The Balaban J connectivity index is 1.62. The minimum atomic E-state index is -0.902. The van der Waals surface area contributed by atoms with Gasteiger partial charge in [0.1, 0.15) is 11.9 Å². The third-order valence-electron chi connectivity index (χ3n) is 6.71. The van der Waals surface area contributed by atoms with Crippen LogP contribution in [0.15, 0.2) is 78.9 Å². The molecule has 3 aromatic rings. The van der Waals surface area contributed by atoms with Crippen molar-refractivity contribution >= 4 is 11.8 Å². The second-order valence-corrected chi connectivity index (χ2v) is 9.38. The van der Waals surface area contributed by atoms with E-state index in [0.29, 0.717) is 0 Å². The number of halogens is 2. The first-order valence-corrected chi connectivity index (χ1v) is 12.8. The van der Waals surface area contributed by atoms with E-state index in [0.717, 1.165) is 37.7 Å². The molecule has 7 heteroatoms. The SMILES string of the molecule is O=C(NC1CCCCC1)C(Cc1ccccc1)N(Cc1ccccc1F)C(=O)COc1ccccc1F. The van der Waals surface area contributed by atoms with E-state index in [2.05, 4.69) is 5.32 Å². The molecule has 1 atom stereocenters. The zero-order chi connectivity index (χ0) is 26.0. The van der Waals surface area contributed by atoms with Gasteiger partial charge in [0.25, 0.3) is 5.91 Å².